The number of fused-ring (bicyclic) bond motifs is 1. The Morgan fingerprint density at radius 3 is 2.79 bits per heavy atom. The van der Waals surface area contributed by atoms with E-state index in [4.69, 9.17) is 4.74 Å². The lowest BCUT2D eigenvalue weighted by molar-refractivity contribution is 0.185. The molecule has 0 saturated heterocycles. The second kappa shape index (κ2) is 3.81. The number of benzene rings is 2. The van der Waals surface area contributed by atoms with Crippen molar-refractivity contribution in [2.45, 2.75) is 13.5 Å². The Balaban J connectivity index is 2.58. The molecule has 14 heavy (non-hydrogen) atoms. The minimum atomic E-state index is 0.685. The first-order chi connectivity index (χ1) is 6.81. The number of rotatable bonds is 2. The molecule has 72 valence electrons. The van der Waals surface area contributed by atoms with E-state index < -0.39 is 0 Å². The zero-order valence-corrected chi connectivity index (χ0v) is 8.58. The molecule has 0 N–H and O–H groups in total. The molecule has 0 aliphatic heterocycles. The van der Waals surface area contributed by atoms with Crippen molar-refractivity contribution in [2.75, 3.05) is 7.11 Å². The SMILES string of the molecule is COCc1ccc2cccc(C)c2c1. The standard InChI is InChI=1S/C13H14O/c1-10-4-3-5-12-7-6-11(9-14-2)8-13(10)12/h3-8H,9H2,1-2H3. The van der Waals surface area contributed by atoms with E-state index in [0.29, 0.717) is 6.61 Å². The summed E-state index contributed by atoms with van der Waals surface area (Å²) in [5.41, 5.74) is 2.55. The molecule has 0 bridgehead atoms. The Bertz CT molecular complexity index is 446. The zero-order chi connectivity index (χ0) is 9.97. The smallest absolute Gasteiger partial charge is 0.0713 e. The summed E-state index contributed by atoms with van der Waals surface area (Å²) in [6.45, 7) is 2.82. The van der Waals surface area contributed by atoms with Crippen LogP contribution in [0, 0.1) is 6.92 Å². The fraction of sp³-hybridized carbons (Fsp3) is 0.231. The third-order valence-electron chi connectivity index (χ3n) is 2.48. The third kappa shape index (κ3) is 1.64. The third-order valence-corrected chi connectivity index (χ3v) is 2.48. The highest BCUT2D eigenvalue weighted by molar-refractivity contribution is 5.86. The minimum absolute atomic E-state index is 0.685. The summed E-state index contributed by atoms with van der Waals surface area (Å²) in [7, 11) is 1.72. The molecular weight excluding hydrogens is 172 g/mol. The number of methoxy groups -OCH3 is 1. The van der Waals surface area contributed by atoms with Crippen LogP contribution in [0.4, 0.5) is 0 Å². The van der Waals surface area contributed by atoms with Crippen molar-refractivity contribution in [1.82, 2.24) is 0 Å². The monoisotopic (exact) mass is 186 g/mol. The summed E-state index contributed by atoms with van der Waals surface area (Å²) < 4.78 is 5.12. The van der Waals surface area contributed by atoms with Crippen LogP contribution in [-0.4, -0.2) is 7.11 Å². The highest BCUT2D eigenvalue weighted by atomic mass is 16.5. The summed E-state index contributed by atoms with van der Waals surface area (Å²) in [6.07, 6.45) is 0. The summed E-state index contributed by atoms with van der Waals surface area (Å²) in [6, 6.07) is 12.8. The maximum Gasteiger partial charge on any atom is 0.0713 e. The Morgan fingerprint density at radius 1 is 1.14 bits per heavy atom. The normalized spacial score (nSPS) is 10.7. The highest BCUT2D eigenvalue weighted by Crippen LogP contribution is 2.19. The van der Waals surface area contributed by atoms with Gasteiger partial charge < -0.3 is 4.74 Å². The number of hydrogen-bond acceptors (Lipinski definition) is 1. The zero-order valence-electron chi connectivity index (χ0n) is 8.58. The van der Waals surface area contributed by atoms with Crippen LogP contribution >= 0.6 is 0 Å². The average Bonchev–Trinajstić information content (AvgIpc) is 2.20. The van der Waals surface area contributed by atoms with E-state index in [0.717, 1.165) is 0 Å². The Hall–Kier alpha value is -1.34. The van der Waals surface area contributed by atoms with E-state index in [9.17, 15) is 0 Å². The first-order valence-corrected chi connectivity index (χ1v) is 4.78. The van der Waals surface area contributed by atoms with Gasteiger partial charge in [-0.05, 0) is 34.9 Å². The van der Waals surface area contributed by atoms with Crippen molar-refractivity contribution < 1.29 is 4.74 Å². The predicted molar refractivity (Wildman–Crippen MR) is 59.4 cm³/mol. The van der Waals surface area contributed by atoms with Gasteiger partial charge in [0.1, 0.15) is 0 Å². The lowest BCUT2D eigenvalue weighted by atomic mass is 10.0. The molecule has 0 aliphatic rings. The van der Waals surface area contributed by atoms with Crippen molar-refractivity contribution in [3.63, 3.8) is 0 Å². The van der Waals surface area contributed by atoms with Crippen molar-refractivity contribution in [2.24, 2.45) is 0 Å². The number of ether oxygens (including phenoxy) is 1. The van der Waals surface area contributed by atoms with E-state index in [1.165, 1.54) is 21.9 Å². The van der Waals surface area contributed by atoms with Gasteiger partial charge in [-0.1, -0.05) is 30.3 Å². The van der Waals surface area contributed by atoms with Crippen LogP contribution in [0.5, 0.6) is 0 Å². The van der Waals surface area contributed by atoms with Crippen LogP contribution in [0.25, 0.3) is 10.8 Å². The largest absolute Gasteiger partial charge is 0.380 e. The van der Waals surface area contributed by atoms with Crippen molar-refractivity contribution in [1.29, 1.82) is 0 Å². The molecule has 0 unspecified atom stereocenters. The molecule has 2 rings (SSSR count). The highest BCUT2D eigenvalue weighted by Gasteiger charge is 1.98. The average molecular weight is 186 g/mol. The van der Waals surface area contributed by atoms with Gasteiger partial charge in [0.25, 0.3) is 0 Å². The van der Waals surface area contributed by atoms with E-state index in [2.05, 4.69) is 43.3 Å². The predicted octanol–water partition coefficient (Wildman–Crippen LogP) is 3.29. The van der Waals surface area contributed by atoms with Gasteiger partial charge in [0, 0.05) is 7.11 Å². The van der Waals surface area contributed by atoms with Gasteiger partial charge in [-0.15, -0.1) is 0 Å². The molecule has 0 spiro atoms. The lowest BCUT2D eigenvalue weighted by Crippen LogP contribution is -1.87. The second-order valence-electron chi connectivity index (χ2n) is 3.56. The quantitative estimate of drug-likeness (QED) is 0.699. The van der Waals surface area contributed by atoms with Crippen LogP contribution < -0.4 is 0 Å². The molecule has 0 amide bonds. The fourth-order valence-corrected chi connectivity index (χ4v) is 1.73. The molecule has 1 nitrogen and oxygen atoms in total. The summed E-state index contributed by atoms with van der Waals surface area (Å²) in [5, 5.41) is 2.62. The number of hydrogen-bond donors (Lipinski definition) is 0. The molecule has 0 heterocycles. The first-order valence-electron chi connectivity index (χ1n) is 4.78. The fourth-order valence-electron chi connectivity index (χ4n) is 1.73. The maximum atomic E-state index is 5.12. The Kier molecular flexibility index (Phi) is 2.51. The Labute approximate surface area is 84.3 Å². The molecule has 0 aliphatic carbocycles. The molecule has 0 radical (unpaired) electrons. The van der Waals surface area contributed by atoms with Gasteiger partial charge in [-0.25, -0.2) is 0 Å². The summed E-state index contributed by atoms with van der Waals surface area (Å²) in [4.78, 5) is 0. The summed E-state index contributed by atoms with van der Waals surface area (Å²) in [5.74, 6) is 0. The second-order valence-corrected chi connectivity index (χ2v) is 3.56. The maximum absolute atomic E-state index is 5.12. The van der Waals surface area contributed by atoms with Gasteiger partial charge in [0.05, 0.1) is 6.61 Å². The molecule has 2 aromatic carbocycles. The van der Waals surface area contributed by atoms with Crippen molar-refractivity contribution >= 4 is 10.8 Å². The molecule has 0 aromatic heterocycles. The van der Waals surface area contributed by atoms with Crippen LogP contribution in [-0.2, 0) is 11.3 Å². The van der Waals surface area contributed by atoms with Gasteiger partial charge >= 0.3 is 0 Å². The molecule has 0 atom stereocenters. The van der Waals surface area contributed by atoms with E-state index in [-0.39, 0.29) is 0 Å². The van der Waals surface area contributed by atoms with Crippen LogP contribution in [0.3, 0.4) is 0 Å². The van der Waals surface area contributed by atoms with Crippen LogP contribution in [0.15, 0.2) is 36.4 Å². The van der Waals surface area contributed by atoms with Gasteiger partial charge in [0.15, 0.2) is 0 Å². The van der Waals surface area contributed by atoms with Crippen molar-refractivity contribution in [3.8, 4) is 0 Å². The minimum Gasteiger partial charge on any atom is -0.380 e. The molecular formula is C13H14O. The Morgan fingerprint density at radius 2 is 2.00 bits per heavy atom. The van der Waals surface area contributed by atoms with E-state index in [1.54, 1.807) is 7.11 Å². The molecule has 0 fully saturated rings. The topological polar surface area (TPSA) is 9.23 Å². The molecule has 1 heteroatoms. The van der Waals surface area contributed by atoms with E-state index in [1.807, 2.05) is 0 Å². The molecule has 2 aromatic rings. The lowest BCUT2D eigenvalue weighted by Gasteiger charge is -2.04. The van der Waals surface area contributed by atoms with Crippen LogP contribution in [0.1, 0.15) is 11.1 Å². The first kappa shape index (κ1) is 9.22. The summed E-state index contributed by atoms with van der Waals surface area (Å²) >= 11 is 0. The van der Waals surface area contributed by atoms with Crippen LogP contribution in [0.2, 0.25) is 0 Å². The van der Waals surface area contributed by atoms with E-state index >= 15 is 0 Å². The van der Waals surface area contributed by atoms with Gasteiger partial charge in [-0.2, -0.15) is 0 Å². The van der Waals surface area contributed by atoms with Crippen molar-refractivity contribution in [3.05, 3.63) is 47.5 Å². The van der Waals surface area contributed by atoms with Gasteiger partial charge in [-0.3, -0.25) is 0 Å². The van der Waals surface area contributed by atoms with Gasteiger partial charge in [0.2, 0.25) is 0 Å². The number of aryl methyl sites for hydroxylation is 1. The molecule has 0 saturated carbocycles.